The van der Waals surface area contributed by atoms with Gasteiger partial charge in [-0.25, -0.2) is 0 Å². The molecule has 5 nitrogen and oxygen atoms in total. The van der Waals surface area contributed by atoms with E-state index in [9.17, 15) is 9.59 Å². The lowest BCUT2D eigenvalue weighted by molar-refractivity contribution is -0.144. The number of carbonyl (C=O) groups excluding carboxylic acids is 2. The van der Waals surface area contributed by atoms with E-state index in [1.807, 2.05) is 0 Å². The lowest BCUT2D eigenvalue weighted by Crippen LogP contribution is -2.08. The van der Waals surface area contributed by atoms with Crippen molar-refractivity contribution in [2.75, 3.05) is 26.4 Å². The van der Waals surface area contributed by atoms with Gasteiger partial charge < -0.3 is 19.4 Å². The average molecular weight is 401 g/mol. The minimum Gasteiger partial charge on any atom is -0.466 e. The third kappa shape index (κ3) is 23.1. The molecule has 0 unspecified atom stereocenters. The minimum absolute atomic E-state index is 0.177. The summed E-state index contributed by atoms with van der Waals surface area (Å²) in [6.07, 6.45) is 19.8. The first kappa shape index (κ1) is 27.1. The number of aldehydes is 1. The Kier molecular flexibility index (Phi) is 23.3. The molecular formula is C23H44O5. The van der Waals surface area contributed by atoms with Gasteiger partial charge in [-0.3, -0.25) is 4.79 Å². The van der Waals surface area contributed by atoms with Gasteiger partial charge in [0, 0.05) is 32.7 Å². The summed E-state index contributed by atoms with van der Waals surface area (Å²) in [5.74, 6) is -0.304. The average Bonchev–Trinajstić information content (AvgIpc) is 2.70. The second-order valence-electron chi connectivity index (χ2n) is 7.57. The van der Waals surface area contributed by atoms with E-state index in [1.54, 1.807) is 0 Å². The van der Waals surface area contributed by atoms with Crippen molar-refractivity contribution in [2.45, 2.75) is 109 Å². The molecule has 0 fully saturated rings. The molecule has 0 aromatic carbocycles. The standard InChI is InChI=1S/C23H44O5/c24-18-13-11-9-7-5-3-1-2-4-6-8-10-12-14-20-27-21-16-22-28-23(26)17-15-19-25/h19,24H,1-18,20-22H2. The molecule has 0 saturated heterocycles. The number of hydrogen-bond acceptors (Lipinski definition) is 5. The van der Waals surface area contributed by atoms with Crippen LogP contribution in [0.1, 0.15) is 109 Å². The van der Waals surface area contributed by atoms with E-state index < -0.39 is 0 Å². The molecule has 0 aromatic rings. The van der Waals surface area contributed by atoms with Gasteiger partial charge in [0.1, 0.15) is 6.29 Å². The smallest absolute Gasteiger partial charge is 0.306 e. The number of carbonyl (C=O) groups is 2. The summed E-state index contributed by atoms with van der Waals surface area (Å²) in [5, 5.41) is 8.72. The first-order valence-corrected chi connectivity index (χ1v) is 11.6. The van der Waals surface area contributed by atoms with Gasteiger partial charge in [-0.15, -0.1) is 0 Å². The molecule has 0 aliphatic carbocycles. The molecule has 166 valence electrons. The molecule has 0 bridgehead atoms. The number of rotatable bonds is 23. The molecule has 0 rings (SSSR count). The highest BCUT2D eigenvalue weighted by molar-refractivity contribution is 5.72. The SMILES string of the molecule is O=CCCC(=O)OCCCOCCCCCCCCCCCCCCCCO. The highest BCUT2D eigenvalue weighted by atomic mass is 16.5. The van der Waals surface area contributed by atoms with Crippen molar-refractivity contribution < 1.29 is 24.2 Å². The van der Waals surface area contributed by atoms with Crippen LogP contribution in [-0.2, 0) is 19.1 Å². The third-order valence-corrected chi connectivity index (χ3v) is 4.86. The second kappa shape index (κ2) is 24.1. The van der Waals surface area contributed by atoms with Crippen molar-refractivity contribution in [3.8, 4) is 0 Å². The summed E-state index contributed by atoms with van der Waals surface area (Å²) >= 11 is 0. The number of esters is 1. The fourth-order valence-corrected chi connectivity index (χ4v) is 3.14. The summed E-state index contributed by atoms with van der Waals surface area (Å²) in [6.45, 7) is 2.14. The van der Waals surface area contributed by atoms with E-state index in [-0.39, 0.29) is 18.8 Å². The quantitative estimate of drug-likeness (QED) is 0.142. The molecular weight excluding hydrogens is 356 g/mol. The zero-order valence-electron chi connectivity index (χ0n) is 18.0. The largest absolute Gasteiger partial charge is 0.466 e. The van der Waals surface area contributed by atoms with Crippen molar-refractivity contribution in [3.63, 3.8) is 0 Å². The van der Waals surface area contributed by atoms with Crippen molar-refractivity contribution >= 4 is 12.3 Å². The van der Waals surface area contributed by atoms with E-state index in [1.165, 1.54) is 77.0 Å². The molecule has 0 saturated carbocycles. The van der Waals surface area contributed by atoms with Crippen LogP contribution in [0.3, 0.4) is 0 Å². The minimum atomic E-state index is -0.304. The van der Waals surface area contributed by atoms with Gasteiger partial charge in [0.15, 0.2) is 0 Å². The third-order valence-electron chi connectivity index (χ3n) is 4.86. The van der Waals surface area contributed by atoms with Gasteiger partial charge in [-0.1, -0.05) is 77.0 Å². The zero-order valence-corrected chi connectivity index (χ0v) is 18.0. The molecule has 28 heavy (non-hydrogen) atoms. The summed E-state index contributed by atoms with van der Waals surface area (Å²) in [6, 6.07) is 0. The first-order valence-electron chi connectivity index (χ1n) is 11.6. The molecule has 0 aliphatic heterocycles. The summed E-state index contributed by atoms with van der Waals surface area (Å²) in [4.78, 5) is 21.3. The Balaban J connectivity index is 3.05. The normalized spacial score (nSPS) is 10.9. The molecule has 0 aliphatic rings. The van der Waals surface area contributed by atoms with E-state index in [2.05, 4.69) is 0 Å². The Bertz CT molecular complexity index is 333. The van der Waals surface area contributed by atoms with Crippen molar-refractivity contribution in [3.05, 3.63) is 0 Å². The predicted octanol–water partition coefficient (Wildman–Crippen LogP) is 5.37. The lowest BCUT2D eigenvalue weighted by atomic mass is 10.0. The highest BCUT2D eigenvalue weighted by Gasteiger charge is 2.01. The Morgan fingerprint density at radius 3 is 1.61 bits per heavy atom. The van der Waals surface area contributed by atoms with Crippen LogP contribution in [-0.4, -0.2) is 43.8 Å². The number of aliphatic hydroxyl groups excluding tert-OH is 1. The zero-order chi connectivity index (χ0) is 20.5. The maximum Gasteiger partial charge on any atom is 0.306 e. The molecule has 5 heteroatoms. The number of ether oxygens (including phenoxy) is 2. The van der Waals surface area contributed by atoms with Crippen LogP contribution in [0.4, 0.5) is 0 Å². The summed E-state index contributed by atoms with van der Waals surface area (Å²) in [5.41, 5.74) is 0. The van der Waals surface area contributed by atoms with Crippen molar-refractivity contribution in [1.29, 1.82) is 0 Å². The van der Waals surface area contributed by atoms with E-state index in [0.29, 0.717) is 19.8 Å². The maximum absolute atomic E-state index is 11.2. The monoisotopic (exact) mass is 400 g/mol. The van der Waals surface area contributed by atoms with Gasteiger partial charge in [-0.2, -0.15) is 0 Å². The van der Waals surface area contributed by atoms with Crippen molar-refractivity contribution in [2.24, 2.45) is 0 Å². The van der Waals surface area contributed by atoms with Gasteiger partial charge in [0.25, 0.3) is 0 Å². The molecule has 1 N–H and O–H groups in total. The Labute approximate surface area is 172 Å². The number of hydrogen-bond donors (Lipinski definition) is 1. The van der Waals surface area contributed by atoms with Crippen LogP contribution >= 0.6 is 0 Å². The van der Waals surface area contributed by atoms with E-state index in [0.717, 1.165) is 32.2 Å². The fraction of sp³-hybridized carbons (Fsp3) is 0.913. The Morgan fingerprint density at radius 2 is 1.11 bits per heavy atom. The highest BCUT2D eigenvalue weighted by Crippen LogP contribution is 2.13. The van der Waals surface area contributed by atoms with Gasteiger partial charge in [-0.05, 0) is 12.8 Å². The molecule has 0 atom stereocenters. The fourth-order valence-electron chi connectivity index (χ4n) is 3.14. The predicted molar refractivity (Wildman–Crippen MR) is 113 cm³/mol. The van der Waals surface area contributed by atoms with Crippen molar-refractivity contribution in [1.82, 2.24) is 0 Å². The van der Waals surface area contributed by atoms with Crippen LogP contribution in [0.5, 0.6) is 0 Å². The molecule has 0 amide bonds. The number of unbranched alkanes of at least 4 members (excludes halogenated alkanes) is 13. The van der Waals surface area contributed by atoms with Gasteiger partial charge >= 0.3 is 5.97 Å². The Morgan fingerprint density at radius 1 is 0.643 bits per heavy atom. The molecule has 0 radical (unpaired) electrons. The van der Waals surface area contributed by atoms with Crippen LogP contribution in [0.2, 0.25) is 0 Å². The molecule has 0 heterocycles. The first-order chi connectivity index (χ1) is 13.8. The van der Waals surface area contributed by atoms with Crippen LogP contribution < -0.4 is 0 Å². The topological polar surface area (TPSA) is 72.8 Å². The Hall–Kier alpha value is -0.940. The number of aliphatic hydroxyl groups is 1. The summed E-state index contributed by atoms with van der Waals surface area (Å²) in [7, 11) is 0. The van der Waals surface area contributed by atoms with Crippen LogP contribution in [0.15, 0.2) is 0 Å². The van der Waals surface area contributed by atoms with E-state index >= 15 is 0 Å². The van der Waals surface area contributed by atoms with E-state index in [4.69, 9.17) is 14.6 Å². The summed E-state index contributed by atoms with van der Waals surface area (Å²) < 4.78 is 10.5. The van der Waals surface area contributed by atoms with Gasteiger partial charge in [0.2, 0.25) is 0 Å². The van der Waals surface area contributed by atoms with Crippen LogP contribution in [0, 0.1) is 0 Å². The van der Waals surface area contributed by atoms with Gasteiger partial charge in [0.05, 0.1) is 13.0 Å². The lowest BCUT2D eigenvalue weighted by Gasteiger charge is -2.06. The molecule has 0 spiro atoms. The maximum atomic E-state index is 11.2. The molecule has 0 aromatic heterocycles. The second-order valence-corrected chi connectivity index (χ2v) is 7.57. The van der Waals surface area contributed by atoms with Crippen LogP contribution in [0.25, 0.3) is 0 Å².